The number of aliphatic hydroxyl groups is 1. The first-order valence-corrected chi connectivity index (χ1v) is 10.6. The van der Waals surface area contributed by atoms with Gasteiger partial charge in [0.2, 0.25) is 0 Å². The van der Waals surface area contributed by atoms with Crippen molar-refractivity contribution in [2.75, 3.05) is 13.2 Å². The molecule has 3 nitrogen and oxygen atoms in total. The average Bonchev–Trinajstić information content (AvgIpc) is 2.75. The van der Waals surface area contributed by atoms with Crippen molar-refractivity contribution in [2.45, 2.75) is 44.4 Å². The van der Waals surface area contributed by atoms with E-state index in [2.05, 4.69) is 68.2 Å². The molecular formula is C27H33NO2. The van der Waals surface area contributed by atoms with Gasteiger partial charge in [0.25, 0.3) is 0 Å². The van der Waals surface area contributed by atoms with Gasteiger partial charge in [0.1, 0.15) is 0 Å². The predicted molar refractivity (Wildman–Crippen MR) is 126 cm³/mol. The van der Waals surface area contributed by atoms with Crippen molar-refractivity contribution in [2.24, 2.45) is 0 Å². The lowest BCUT2D eigenvalue weighted by molar-refractivity contribution is -0.0105. The highest BCUT2D eigenvalue weighted by atomic mass is 16.5. The molecule has 158 valence electrons. The van der Waals surface area contributed by atoms with Crippen LogP contribution in [0.4, 0.5) is 0 Å². The highest BCUT2D eigenvalue weighted by Crippen LogP contribution is 2.22. The molecule has 0 fully saturated rings. The standard InChI is InChI=1S/C27H33NO2/c1-4-10-26(23-12-6-5-7-13-23)30-20-25(29)19-28-27(2,3)18-21-15-16-22-11-8-9-14-24(22)17-21/h4-9,11-17,25-26,28-29H,1,10,18-20H2,2-3H3/t25-,26?/m1/s1. The van der Waals surface area contributed by atoms with Crippen LogP contribution in [0.2, 0.25) is 0 Å². The molecular weight excluding hydrogens is 370 g/mol. The number of hydrogen-bond donors (Lipinski definition) is 2. The summed E-state index contributed by atoms with van der Waals surface area (Å²) < 4.78 is 6.00. The molecule has 2 N–H and O–H groups in total. The zero-order chi connectivity index (χ0) is 21.4. The normalized spacial score (nSPS) is 13.8. The van der Waals surface area contributed by atoms with Gasteiger partial charge >= 0.3 is 0 Å². The van der Waals surface area contributed by atoms with Crippen LogP contribution in [0.1, 0.15) is 37.5 Å². The number of benzene rings is 3. The van der Waals surface area contributed by atoms with Crippen LogP contribution < -0.4 is 5.32 Å². The fraction of sp³-hybridized carbons (Fsp3) is 0.333. The third kappa shape index (κ3) is 6.53. The second-order valence-electron chi connectivity index (χ2n) is 8.53. The van der Waals surface area contributed by atoms with Gasteiger partial charge in [-0.25, -0.2) is 0 Å². The summed E-state index contributed by atoms with van der Waals surface area (Å²) in [5, 5.41) is 16.5. The Morgan fingerprint density at radius 1 is 1.00 bits per heavy atom. The molecule has 0 aliphatic heterocycles. The van der Waals surface area contributed by atoms with E-state index in [1.807, 2.05) is 36.4 Å². The monoisotopic (exact) mass is 403 g/mol. The maximum absolute atomic E-state index is 10.5. The van der Waals surface area contributed by atoms with Gasteiger partial charge in [0, 0.05) is 12.1 Å². The third-order valence-corrected chi connectivity index (χ3v) is 5.32. The summed E-state index contributed by atoms with van der Waals surface area (Å²) in [6.45, 7) is 8.93. The van der Waals surface area contributed by atoms with E-state index in [1.165, 1.54) is 16.3 Å². The molecule has 0 radical (unpaired) electrons. The van der Waals surface area contributed by atoms with Gasteiger partial charge in [-0.2, -0.15) is 0 Å². The molecule has 0 bridgehead atoms. The number of aliphatic hydroxyl groups excluding tert-OH is 1. The van der Waals surface area contributed by atoms with Crippen molar-refractivity contribution in [3.8, 4) is 0 Å². The van der Waals surface area contributed by atoms with Gasteiger partial charge in [-0.3, -0.25) is 0 Å². The molecule has 2 atom stereocenters. The van der Waals surface area contributed by atoms with Crippen molar-refractivity contribution in [3.63, 3.8) is 0 Å². The number of rotatable bonds is 11. The average molecular weight is 404 g/mol. The predicted octanol–water partition coefficient (Wildman–Crippen LogP) is 5.45. The van der Waals surface area contributed by atoms with E-state index in [1.54, 1.807) is 0 Å². The van der Waals surface area contributed by atoms with Crippen molar-refractivity contribution in [1.82, 2.24) is 5.32 Å². The van der Waals surface area contributed by atoms with Gasteiger partial charge in [-0.05, 0) is 48.6 Å². The first-order chi connectivity index (χ1) is 14.5. The van der Waals surface area contributed by atoms with E-state index in [0.29, 0.717) is 6.54 Å². The molecule has 0 aromatic heterocycles. The van der Waals surface area contributed by atoms with Crippen LogP contribution in [0.25, 0.3) is 10.8 Å². The number of ether oxygens (including phenoxy) is 1. The second kappa shape index (κ2) is 10.5. The SMILES string of the molecule is C=CCC(OC[C@H](O)CNC(C)(C)Cc1ccc2ccccc2c1)c1ccccc1. The molecule has 3 aromatic rings. The highest BCUT2D eigenvalue weighted by Gasteiger charge is 2.20. The van der Waals surface area contributed by atoms with E-state index in [9.17, 15) is 5.11 Å². The minimum absolute atomic E-state index is 0.0797. The fourth-order valence-corrected chi connectivity index (χ4v) is 3.72. The number of fused-ring (bicyclic) bond motifs is 1. The first kappa shape index (κ1) is 22.2. The van der Waals surface area contributed by atoms with Gasteiger partial charge in [0.15, 0.2) is 0 Å². The van der Waals surface area contributed by atoms with Gasteiger partial charge in [-0.15, -0.1) is 6.58 Å². The summed E-state index contributed by atoms with van der Waals surface area (Å²) in [4.78, 5) is 0. The molecule has 0 aliphatic carbocycles. The lowest BCUT2D eigenvalue weighted by atomic mass is 9.93. The van der Waals surface area contributed by atoms with Crippen LogP contribution in [-0.4, -0.2) is 29.9 Å². The van der Waals surface area contributed by atoms with Crippen LogP contribution in [0, 0.1) is 0 Å². The van der Waals surface area contributed by atoms with Crippen molar-refractivity contribution in [3.05, 3.63) is 96.6 Å². The van der Waals surface area contributed by atoms with Crippen molar-refractivity contribution < 1.29 is 9.84 Å². The fourth-order valence-electron chi connectivity index (χ4n) is 3.72. The molecule has 3 aromatic carbocycles. The first-order valence-electron chi connectivity index (χ1n) is 10.6. The Morgan fingerprint density at radius 3 is 2.43 bits per heavy atom. The summed E-state index contributed by atoms with van der Waals surface area (Å²) in [5.74, 6) is 0. The summed E-state index contributed by atoms with van der Waals surface area (Å²) in [7, 11) is 0. The van der Waals surface area contributed by atoms with Gasteiger partial charge in [0.05, 0.1) is 18.8 Å². The van der Waals surface area contributed by atoms with Crippen LogP contribution >= 0.6 is 0 Å². The zero-order valence-corrected chi connectivity index (χ0v) is 18.1. The molecule has 0 saturated carbocycles. The van der Waals surface area contributed by atoms with E-state index in [0.717, 1.165) is 18.4 Å². The quantitative estimate of drug-likeness (QED) is 0.419. The molecule has 0 spiro atoms. The minimum atomic E-state index is -0.572. The molecule has 0 saturated heterocycles. The molecule has 3 heteroatoms. The summed E-state index contributed by atoms with van der Waals surface area (Å²) >= 11 is 0. The van der Waals surface area contributed by atoms with E-state index >= 15 is 0 Å². The van der Waals surface area contributed by atoms with E-state index in [4.69, 9.17) is 4.74 Å². The Kier molecular flexibility index (Phi) is 7.81. The minimum Gasteiger partial charge on any atom is -0.389 e. The molecule has 30 heavy (non-hydrogen) atoms. The Balaban J connectivity index is 1.50. The topological polar surface area (TPSA) is 41.5 Å². The third-order valence-electron chi connectivity index (χ3n) is 5.32. The Bertz CT molecular complexity index is 936. The molecule has 1 unspecified atom stereocenters. The maximum atomic E-state index is 10.5. The Morgan fingerprint density at radius 2 is 1.70 bits per heavy atom. The molecule has 0 amide bonds. The second-order valence-corrected chi connectivity index (χ2v) is 8.53. The highest BCUT2D eigenvalue weighted by molar-refractivity contribution is 5.83. The maximum Gasteiger partial charge on any atom is 0.0898 e. The van der Waals surface area contributed by atoms with Crippen LogP contribution in [0.3, 0.4) is 0 Å². The van der Waals surface area contributed by atoms with Crippen molar-refractivity contribution in [1.29, 1.82) is 0 Å². The smallest absolute Gasteiger partial charge is 0.0898 e. The van der Waals surface area contributed by atoms with E-state index < -0.39 is 6.10 Å². The lowest BCUT2D eigenvalue weighted by Crippen LogP contribution is -2.46. The van der Waals surface area contributed by atoms with Crippen LogP contribution in [0.15, 0.2) is 85.5 Å². The number of β-amino-alcohol motifs (C(OH)–C–C–N with tert-alkyl or cyclic N) is 1. The molecule has 3 rings (SSSR count). The number of nitrogens with one attached hydrogen (secondary N) is 1. The van der Waals surface area contributed by atoms with Crippen LogP contribution in [-0.2, 0) is 11.2 Å². The lowest BCUT2D eigenvalue weighted by Gasteiger charge is -2.28. The summed E-state index contributed by atoms with van der Waals surface area (Å²) in [6, 6.07) is 25.1. The van der Waals surface area contributed by atoms with Gasteiger partial charge in [-0.1, -0.05) is 78.9 Å². The van der Waals surface area contributed by atoms with Gasteiger partial charge < -0.3 is 15.2 Å². The Labute approximate surface area is 180 Å². The van der Waals surface area contributed by atoms with Crippen LogP contribution in [0.5, 0.6) is 0 Å². The molecule has 0 aliphatic rings. The van der Waals surface area contributed by atoms with Crippen molar-refractivity contribution >= 4 is 10.8 Å². The zero-order valence-electron chi connectivity index (χ0n) is 18.1. The Hall–Kier alpha value is -2.46. The molecule has 0 heterocycles. The van der Waals surface area contributed by atoms with E-state index in [-0.39, 0.29) is 18.2 Å². The largest absolute Gasteiger partial charge is 0.389 e. The number of hydrogen-bond acceptors (Lipinski definition) is 3. The summed E-state index contributed by atoms with van der Waals surface area (Å²) in [5.41, 5.74) is 2.25. The summed E-state index contributed by atoms with van der Waals surface area (Å²) in [6.07, 6.45) is 2.81.